The normalized spacial score (nSPS) is 14.7. The first kappa shape index (κ1) is 55.9. The Hall–Kier alpha value is -6.72. The molecule has 2 aliphatic rings. The van der Waals surface area contributed by atoms with E-state index in [-0.39, 0.29) is 23.7 Å². The minimum Gasteiger partial charge on any atom is -0.467 e. The smallest absolute Gasteiger partial charge is 0.328 e. The van der Waals surface area contributed by atoms with Gasteiger partial charge in [-0.25, -0.2) is 10.7 Å². The van der Waals surface area contributed by atoms with E-state index in [0.29, 0.717) is 11.1 Å². The van der Waals surface area contributed by atoms with Crippen molar-refractivity contribution in [2.45, 2.75) is 52.9 Å². The summed E-state index contributed by atoms with van der Waals surface area (Å²) < 4.78 is 15.6. The van der Waals surface area contributed by atoms with Gasteiger partial charge >= 0.3 is 5.97 Å². The number of morpholine rings is 2. The predicted octanol–water partition coefficient (Wildman–Crippen LogP) is 5.74. The number of hydrogen-bond donors (Lipinski definition) is 5. The maximum atomic E-state index is 12.5. The number of carbonyl (C=O) groups excluding carboxylic acids is 4. The average molecular weight is 954 g/mol. The first-order valence-electron chi connectivity index (χ1n) is 23.4. The third-order valence-corrected chi connectivity index (χ3v) is 11.3. The first-order valence-corrected chi connectivity index (χ1v) is 23.4. The summed E-state index contributed by atoms with van der Waals surface area (Å²) in [5, 5.41) is 21.0. The molecule has 2 heterocycles. The van der Waals surface area contributed by atoms with Crippen molar-refractivity contribution in [2.24, 2.45) is 17.7 Å². The van der Waals surface area contributed by atoms with E-state index >= 15 is 0 Å². The van der Waals surface area contributed by atoms with Crippen LogP contribution in [0.25, 0.3) is 12.2 Å². The Labute approximate surface area is 412 Å². The lowest BCUT2D eigenvalue weighted by molar-refractivity contribution is -0.144. The molecule has 2 aliphatic heterocycles. The van der Waals surface area contributed by atoms with Crippen LogP contribution in [0.4, 0.5) is 0 Å². The van der Waals surface area contributed by atoms with Crippen LogP contribution in [0, 0.1) is 35.5 Å². The fraction of sp³-hybridized carbons (Fsp3) is 0.357. The molecule has 2 saturated heterocycles. The molecule has 0 saturated carbocycles. The summed E-state index contributed by atoms with van der Waals surface area (Å²) in [7, 11) is 1.32. The number of benzene rings is 4. The van der Waals surface area contributed by atoms with E-state index in [9.17, 15) is 19.2 Å². The van der Waals surface area contributed by atoms with Crippen molar-refractivity contribution in [3.05, 3.63) is 154 Å². The topological polar surface area (TPSA) is 193 Å². The van der Waals surface area contributed by atoms with E-state index in [1.807, 2.05) is 88.4 Å². The van der Waals surface area contributed by atoms with E-state index in [2.05, 4.69) is 74.3 Å². The number of amides is 2. The number of allylic oxidation sites excluding steroid dienone is 2. The minimum absolute atomic E-state index is 0.0712. The molecule has 0 bridgehead atoms. The lowest BCUT2D eigenvalue weighted by Gasteiger charge is -2.26. The molecule has 0 radical (unpaired) electrons. The Bertz CT molecular complexity index is 2260. The second-order valence-corrected chi connectivity index (χ2v) is 17.2. The van der Waals surface area contributed by atoms with Crippen molar-refractivity contribution in [1.82, 2.24) is 20.4 Å². The number of carbonyl (C=O) groups is 4. The van der Waals surface area contributed by atoms with Gasteiger partial charge in [0.25, 0.3) is 11.8 Å². The van der Waals surface area contributed by atoms with E-state index in [1.54, 1.807) is 36.4 Å². The molecular formula is C56H67N5O9. The summed E-state index contributed by atoms with van der Waals surface area (Å²) in [5.41, 5.74) is 7.25. The summed E-state index contributed by atoms with van der Waals surface area (Å²) in [5.74, 6) is 14.2. The number of aliphatic hydroxyl groups excluding tert-OH is 1. The molecule has 0 aromatic heterocycles. The molecule has 6 N–H and O–H groups in total. The number of esters is 1. The zero-order valence-electron chi connectivity index (χ0n) is 40.9. The maximum absolute atomic E-state index is 12.5. The highest BCUT2D eigenvalue weighted by Gasteiger charge is 2.26. The standard InChI is InChI=1S/2C28H32N2O4.H3NO/c1-21(2)26(28(32)33-3)29-27(31)25-14-12-23(13-15-25)7-5-4-6-22-8-10-24(11-9-22)20-30-16-18-34-19-17-30;1-21(2)27(26(32)20-31)29-28(33)25-13-11-23(12-14-25)6-4-3-5-22-7-9-24(10-8-22)19-30-15-17-34-18-16-30;1-2/h5,7-15,21,26H,16-20H2,1-3H3,(H,29,31);4,6-14,21,27,31H,15-20H2,1-2H3,(H,29,33);2H,1H2/t26-;27-;/m00./s1. The number of nitrogens with one attached hydrogen (secondary N) is 2. The Morgan fingerprint density at radius 2 is 0.986 bits per heavy atom. The molecule has 370 valence electrons. The monoisotopic (exact) mass is 953 g/mol. The highest BCUT2D eigenvalue weighted by atomic mass is 16.5. The van der Waals surface area contributed by atoms with Gasteiger partial charge < -0.3 is 35.2 Å². The number of Topliss-reactive ketones (excluding diaryl/α,β-unsaturated/α-hetero) is 1. The van der Waals surface area contributed by atoms with Gasteiger partial charge in [0.05, 0.1) is 39.6 Å². The zero-order valence-corrected chi connectivity index (χ0v) is 40.9. The summed E-state index contributed by atoms with van der Waals surface area (Å²) >= 11 is 0. The van der Waals surface area contributed by atoms with Crippen molar-refractivity contribution in [1.29, 1.82) is 0 Å². The number of nitrogens with two attached hydrogens (primary N) is 1. The molecule has 0 aliphatic carbocycles. The number of ketones is 1. The van der Waals surface area contributed by atoms with Gasteiger partial charge in [-0.05, 0) is 107 Å². The van der Waals surface area contributed by atoms with Gasteiger partial charge in [0.1, 0.15) is 12.6 Å². The van der Waals surface area contributed by atoms with E-state index in [4.69, 9.17) is 24.5 Å². The van der Waals surface area contributed by atoms with Crippen molar-refractivity contribution in [3.63, 3.8) is 0 Å². The fourth-order valence-electron chi connectivity index (χ4n) is 7.23. The minimum atomic E-state index is -0.708. The Balaban J connectivity index is 0.000000294. The number of rotatable bonds is 15. The predicted molar refractivity (Wildman–Crippen MR) is 272 cm³/mol. The van der Waals surface area contributed by atoms with Crippen LogP contribution in [0.5, 0.6) is 0 Å². The molecule has 0 spiro atoms. The van der Waals surface area contributed by atoms with Gasteiger partial charge in [0, 0.05) is 61.5 Å². The van der Waals surface area contributed by atoms with Gasteiger partial charge in [-0.2, -0.15) is 0 Å². The summed E-state index contributed by atoms with van der Waals surface area (Å²) in [6.45, 7) is 15.8. The summed E-state index contributed by atoms with van der Waals surface area (Å²) in [6, 6.07) is 29.5. The van der Waals surface area contributed by atoms with Gasteiger partial charge in [-0.3, -0.25) is 24.2 Å². The average Bonchev–Trinajstić information content (AvgIpc) is 3.39. The van der Waals surface area contributed by atoms with Crippen LogP contribution in [0.3, 0.4) is 0 Å². The molecule has 14 heteroatoms. The third kappa shape index (κ3) is 19.3. The summed E-state index contributed by atoms with van der Waals surface area (Å²) in [6.07, 6.45) is 7.36. The highest BCUT2D eigenvalue weighted by Crippen LogP contribution is 2.13. The molecule has 14 nitrogen and oxygen atoms in total. The fourth-order valence-corrected chi connectivity index (χ4v) is 7.23. The van der Waals surface area contributed by atoms with Crippen molar-refractivity contribution < 1.29 is 43.7 Å². The van der Waals surface area contributed by atoms with Gasteiger partial charge in [0.15, 0.2) is 5.78 Å². The third-order valence-electron chi connectivity index (χ3n) is 11.3. The van der Waals surface area contributed by atoms with E-state index in [0.717, 1.165) is 87.9 Å². The maximum Gasteiger partial charge on any atom is 0.328 e. The van der Waals surface area contributed by atoms with Crippen LogP contribution >= 0.6 is 0 Å². The van der Waals surface area contributed by atoms with E-state index in [1.165, 1.54) is 18.2 Å². The second kappa shape index (κ2) is 30.7. The summed E-state index contributed by atoms with van der Waals surface area (Å²) in [4.78, 5) is 53.4. The quantitative estimate of drug-likeness (QED) is 0.0552. The molecule has 4 aromatic carbocycles. The Kier molecular flexibility index (Phi) is 24.5. The molecule has 6 rings (SSSR count). The Morgan fingerprint density at radius 3 is 1.33 bits per heavy atom. The van der Waals surface area contributed by atoms with Crippen LogP contribution < -0.4 is 16.5 Å². The molecular weight excluding hydrogens is 887 g/mol. The van der Waals surface area contributed by atoms with Crippen LogP contribution in [-0.2, 0) is 36.9 Å². The van der Waals surface area contributed by atoms with Crippen LogP contribution in [0.15, 0.2) is 109 Å². The number of methoxy groups -OCH3 is 1. The largest absolute Gasteiger partial charge is 0.467 e. The van der Waals surface area contributed by atoms with Crippen LogP contribution in [0.1, 0.15) is 81.8 Å². The lowest BCUT2D eigenvalue weighted by atomic mass is 9.99. The van der Waals surface area contributed by atoms with Gasteiger partial charge in [0.2, 0.25) is 0 Å². The molecule has 2 amide bonds. The molecule has 0 unspecified atom stereocenters. The van der Waals surface area contributed by atoms with Crippen molar-refractivity contribution >= 4 is 35.7 Å². The molecule has 4 aromatic rings. The number of ether oxygens (including phenoxy) is 3. The van der Waals surface area contributed by atoms with Crippen LogP contribution in [0.2, 0.25) is 0 Å². The van der Waals surface area contributed by atoms with Gasteiger partial charge in [-0.15, -0.1) is 0 Å². The highest BCUT2D eigenvalue weighted by molar-refractivity contribution is 5.98. The first-order chi connectivity index (χ1) is 33.9. The molecule has 2 fully saturated rings. The number of nitrogens with zero attached hydrogens (tertiary/aromatic N) is 2. The van der Waals surface area contributed by atoms with Gasteiger partial charge in [-0.1, -0.05) is 99.9 Å². The zero-order chi connectivity index (χ0) is 50.7. The van der Waals surface area contributed by atoms with E-state index < -0.39 is 30.4 Å². The number of hydrogen-bond acceptors (Lipinski definition) is 12. The number of aliphatic hydroxyl groups is 1. The molecule has 2 atom stereocenters. The molecule has 70 heavy (non-hydrogen) atoms. The lowest BCUT2D eigenvalue weighted by Crippen LogP contribution is -2.45. The SMILES string of the molecule is CC(C)[C@H](NC(=O)c1ccc(C=CC#Cc2ccc(CN3CCOCC3)cc2)cc1)C(=O)CO.COC(=O)[C@@H](NC(=O)c1ccc(C=CC#Cc2ccc(CN3CCOCC3)cc2)cc1)C(C)C.NO. The Morgan fingerprint density at radius 1 is 0.614 bits per heavy atom. The van der Waals surface area contributed by atoms with Crippen molar-refractivity contribution in [3.8, 4) is 23.7 Å². The van der Waals surface area contributed by atoms with Crippen LogP contribution in [-0.4, -0.2) is 122 Å². The second-order valence-electron chi connectivity index (χ2n) is 17.2. The van der Waals surface area contributed by atoms with Crippen molar-refractivity contribution in [2.75, 3.05) is 66.3 Å².